The first-order chi connectivity index (χ1) is 8.50. The molecule has 0 saturated heterocycles. The summed E-state index contributed by atoms with van der Waals surface area (Å²) in [6.45, 7) is 1.69. The van der Waals surface area contributed by atoms with Crippen LogP contribution in [0.1, 0.15) is 16.1 Å². The van der Waals surface area contributed by atoms with E-state index in [4.69, 9.17) is 5.11 Å². The van der Waals surface area contributed by atoms with Crippen molar-refractivity contribution in [3.8, 4) is 11.4 Å². The number of phenolic OH excluding ortho intramolecular Hbond substituents is 1. The number of pyridine rings is 1. The fourth-order valence-corrected chi connectivity index (χ4v) is 1.75. The van der Waals surface area contributed by atoms with E-state index in [2.05, 4.69) is 0 Å². The molecule has 0 unspecified atom stereocenters. The molecule has 0 fully saturated rings. The molecular weight excluding hydrogens is 234 g/mol. The van der Waals surface area contributed by atoms with Gasteiger partial charge in [-0.25, -0.2) is 4.79 Å². The molecule has 5 nitrogen and oxygen atoms in total. The van der Waals surface area contributed by atoms with Crippen molar-refractivity contribution in [2.45, 2.75) is 6.92 Å². The van der Waals surface area contributed by atoms with Crippen molar-refractivity contribution in [3.63, 3.8) is 0 Å². The summed E-state index contributed by atoms with van der Waals surface area (Å²) in [6, 6.07) is 8.92. The summed E-state index contributed by atoms with van der Waals surface area (Å²) in [5.74, 6) is -1.26. The molecule has 2 rings (SSSR count). The molecule has 1 aromatic heterocycles. The minimum atomic E-state index is -1.27. The molecule has 0 amide bonds. The van der Waals surface area contributed by atoms with Gasteiger partial charge in [-0.2, -0.15) is 0 Å². The van der Waals surface area contributed by atoms with Crippen molar-refractivity contribution >= 4 is 5.97 Å². The molecule has 0 saturated carbocycles. The number of nitrogens with zero attached hydrogens (tertiary/aromatic N) is 1. The number of aryl methyl sites for hydroxylation is 1. The highest BCUT2D eigenvalue weighted by Gasteiger charge is 2.13. The van der Waals surface area contributed by atoms with Gasteiger partial charge in [0, 0.05) is 11.8 Å². The minimum absolute atomic E-state index is 0.0135. The third-order valence-electron chi connectivity index (χ3n) is 2.60. The van der Waals surface area contributed by atoms with Crippen LogP contribution in [0, 0.1) is 6.92 Å². The smallest absolute Gasteiger partial charge is 0.341 e. The van der Waals surface area contributed by atoms with Gasteiger partial charge in [0.05, 0.1) is 5.69 Å². The lowest BCUT2D eigenvalue weighted by Crippen LogP contribution is -2.26. The third-order valence-corrected chi connectivity index (χ3v) is 2.60. The van der Waals surface area contributed by atoms with Crippen LogP contribution in [0.3, 0.4) is 0 Å². The second-order valence-electron chi connectivity index (χ2n) is 3.85. The lowest BCUT2D eigenvalue weighted by molar-refractivity contribution is 0.0694. The predicted octanol–water partition coefficient (Wildman–Crippen LogP) is 1.55. The summed E-state index contributed by atoms with van der Waals surface area (Å²) < 4.78 is 1.25. The maximum atomic E-state index is 12.0. The average molecular weight is 245 g/mol. The van der Waals surface area contributed by atoms with Crippen LogP contribution in [-0.4, -0.2) is 20.7 Å². The summed E-state index contributed by atoms with van der Waals surface area (Å²) in [5.41, 5.74) is 0.105. The second kappa shape index (κ2) is 4.37. The van der Waals surface area contributed by atoms with Gasteiger partial charge >= 0.3 is 5.97 Å². The molecule has 0 aliphatic carbocycles. The Morgan fingerprint density at radius 3 is 2.56 bits per heavy atom. The maximum Gasteiger partial charge on any atom is 0.341 e. The molecule has 0 atom stereocenters. The zero-order chi connectivity index (χ0) is 13.3. The molecule has 5 heteroatoms. The highest BCUT2D eigenvalue weighted by Crippen LogP contribution is 2.15. The molecule has 0 aliphatic rings. The first kappa shape index (κ1) is 11.9. The van der Waals surface area contributed by atoms with Crippen LogP contribution in [0.25, 0.3) is 5.69 Å². The van der Waals surface area contributed by atoms with Crippen LogP contribution in [0.4, 0.5) is 0 Å². The van der Waals surface area contributed by atoms with E-state index in [1.807, 2.05) is 0 Å². The number of benzene rings is 1. The molecule has 2 N–H and O–H groups in total. The van der Waals surface area contributed by atoms with Gasteiger partial charge < -0.3 is 10.2 Å². The van der Waals surface area contributed by atoms with Crippen molar-refractivity contribution < 1.29 is 15.0 Å². The normalized spacial score (nSPS) is 10.3. The molecule has 2 aromatic rings. The Hall–Kier alpha value is -2.56. The molecule has 0 bridgehead atoms. The molecule has 1 aromatic carbocycles. The van der Waals surface area contributed by atoms with E-state index >= 15 is 0 Å². The van der Waals surface area contributed by atoms with Crippen LogP contribution < -0.4 is 5.56 Å². The fraction of sp³-hybridized carbons (Fsp3) is 0.0769. The number of carbonyl (C=O) groups is 1. The molecular formula is C13H11NO4. The SMILES string of the molecule is Cc1ccc(C(=O)O)c(=O)n1-c1cccc(O)c1. The highest BCUT2D eigenvalue weighted by atomic mass is 16.4. The monoisotopic (exact) mass is 245 g/mol. The van der Waals surface area contributed by atoms with Crippen LogP contribution in [0.2, 0.25) is 0 Å². The number of aromatic carboxylic acids is 1. The predicted molar refractivity (Wildman–Crippen MR) is 65.4 cm³/mol. The summed E-state index contributed by atoms with van der Waals surface area (Å²) in [5, 5.41) is 18.3. The maximum absolute atomic E-state index is 12.0. The van der Waals surface area contributed by atoms with Crippen molar-refractivity contribution in [2.24, 2.45) is 0 Å². The van der Waals surface area contributed by atoms with Gasteiger partial charge in [0.25, 0.3) is 5.56 Å². The van der Waals surface area contributed by atoms with Gasteiger partial charge in [0.2, 0.25) is 0 Å². The molecule has 0 spiro atoms. The molecule has 0 radical (unpaired) electrons. The Morgan fingerprint density at radius 1 is 1.22 bits per heavy atom. The third kappa shape index (κ3) is 1.98. The van der Waals surface area contributed by atoms with Crippen LogP contribution >= 0.6 is 0 Å². The molecule has 1 heterocycles. The number of carboxylic acid groups (broad SMARTS) is 1. The van der Waals surface area contributed by atoms with Gasteiger partial charge in [-0.15, -0.1) is 0 Å². The quantitative estimate of drug-likeness (QED) is 0.841. The molecule has 0 aliphatic heterocycles. The Balaban J connectivity index is 2.75. The zero-order valence-electron chi connectivity index (χ0n) is 9.62. The first-order valence-electron chi connectivity index (χ1n) is 5.26. The fourth-order valence-electron chi connectivity index (χ4n) is 1.75. The summed E-state index contributed by atoms with van der Waals surface area (Å²) in [6.07, 6.45) is 0. The van der Waals surface area contributed by atoms with Gasteiger partial charge in [0.1, 0.15) is 11.3 Å². The number of hydrogen-bond acceptors (Lipinski definition) is 3. The Kier molecular flexibility index (Phi) is 2.89. The number of rotatable bonds is 2. The van der Waals surface area contributed by atoms with Gasteiger partial charge in [-0.05, 0) is 31.2 Å². The van der Waals surface area contributed by atoms with Crippen molar-refractivity contribution in [1.29, 1.82) is 0 Å². The lowest BCUT2D eigenvalue weighted by atomic mass is 10.2. The van der Waals surface area contributed by atoms with Gasteiger partial charge in [-0.3, -0.25) is 9.36 Å². The largest absolute Gasteiger partial charge is 0.508 e. The number of aromatic hydroxyl groups is 1. The minimum Gasteiger partial charge on any atom is -0.508 e. The van der Waals surface area contributed by atoms with E-state index in [-0.39, 0.29) is 11.3 Å². The van der Waals surface area contributed by atoms with E-state index in [1.54, 1.807) is 25.1 Å². The van der Waals surface area contributed by atoms with Crippen LogP contribution in [0.15, 0.2) is 41.2 Å². The summed E-state index contributed by atoms with van der Waals surface area (Å²) in [4.78, 5) is 23.0. The van der Waals surface area contributed by atoms with Gasteiger partial charge in [0.15, 0.2) is 0 Å². The van der Waals surface area contributed by atoms with E-state index < -0.39 is 11.5 Å². The number of carboxylic acids is 1. The van der Waals surface area contributed by atoms with E-state index in [0.717, 1.165) is 0 Å². The Morgan fingerprint density at radius 2 is 1.94 bits per heavy atom. The van der Waals surface area contributed by atoms with Gasteiger partial charge in [-0.1, -0.05) is 6.07 Å². The standard InChI is InChI=1S/C13H11NO4/c1-8-5-6-11(13(17)18)12(16)14(8)9-3-2-4-10(15)7-9/h2-7,15H,1H3,(H,17,18). The number of phenols is 1. The second-order valence-corrected chi connectivity index (χ2v) is 3.85. The lowest BCUT2D eigenvalue weighted by Gasteiger charge is -2.10. The molecule has 92 valence electrons. The number of aromatic nitrogens is 1. The van der Waals surface area contributed by atoms with Crippen molar-refractivity contribution in [2.75, 3.05) is 0 Å². The summed E-state index contributed by atoms with van der Waals surface area (Å²) in [7, 11) is 0. The van der Waals surface area contributed by atoms with Crippen LogP contribution in [0.5, 0.6) is 5.75 Å². The highest BCUT2D eigenvalue weighted by molar-refractivity contribution is 5.87. The Bertz CT molecular complexity index is 673. The van der Waals surface area contributed by atoms with Crippen LogP contribution in [-0.2, 0) is 0 Å². The molecule has 18 heavy (non-hydrogen) atoms. The van der Waals surface area contributed by atoms with Crippen molar-refractivity contribution in [1.82, 2.24) is 4.57 Å². The zero-order valence-corrected chi connectivity index (χ0v) is 9.62. The summed E-state index contributed by atoms with van der Waals surface area (Å²) >= 11 is 0. The van der Waals surface area contributed by atoms with E-state index in [1.165, 1.54) is 22.8 Å². The first-order valence-corrected chi connectivity index (χ1v) is 5.26. The number of hydrogen-bond donors (Lipinski definition) is 2. The van der Waals surface area contributed by atoms with Crippen molar-refractivity contribution in [3.05, 3.63) is 58.0 Å². The van der Waals surface area contributed by atoms with E-state index in [0.29, 0.717) is 11.4 Å². The van der Waals surface area contributed by atoms with E-state index in [9.17, 15) is 14.7 Å². The average Bonchev–Trinajstić information content (AvgIpc) is 2.28. The topological polar surface area (TPSA) is 79.5 Å². The Labute approximate surface area is 103 Å².